The Kier molecular flexibility index (Phi) is 4.67. The Labute approximate surface area is 218 Å². The van der Waals surface area contributed by atoms with Crippen LogP contribution in [0.3, 0.4) is 0 Å². The first-order chi connectivity index (χ1) is 17.8. The fourth-order valence-electron chi connectivity index (χ4n) is 5.85. The predicted molar refractivity (Wildman–Crippen MR) is 152 cm³/mol. The van der Waals surface area contributed by atoms with Crippen molar-refractivity contribution in [2.24, 2.45) is 5.92 Å². The molecule has 2 atom stereocenters. The van der Waals surface area contributed by atoms with E-state index in [2.05, 4.69) is 94.2 Å². The van der Waals surface area contributed by atoms with Crippen LogP contribution in [0.2, 0.25) is 0 Å². The first kappa shape index (κ1) is 20.8. The Morgan fingerprint density at radius 3 is 2.75 bits per heavy atom. The van der Waals surface area contributed by atoms with Crippen molar-refractivity contribution in [1.29, 1.82) is 0 Å². The summed E-state index contributed by atoms with van der Waals surface area (Å²) in [7, 11) is 0. The molecule has 4 aromatic rings. The Balaban J connectivity index is 1.39. The van der Waals surface area contributed by atoms with Gasteiger partial charge in [-0.1, -0.05) is 60.7 Å². The minimum absolute atomic E-state index is 0.408. The lowest BCUT2D eigenvalue weighted by molar-refractivity contribution is 0.856. The molecule has 0 saturated carbocycles. The van der Waals surface area contributed by atoms with Crippen LogP contribution in [0.25, 0.3) is 38.9 Å². The van der Waals surface area contributed by atoms with Crippen molar-refractivity contribution in [1.82, 2.24) is 19.3 Å². The zero-order chi connectivity index (χ0) is 23.6. The quantitative estimate of drug-likeness (QED) is 0.292. The lowest BCUT2D eigenvalue weighted by Gasteiger charge is -2.14. The van der Waals surface area contributed by atoms with Gasteiger partial charge in [-0.25, -0.2) is 0 Å². The van der Waals surface area contributed by atoms with Crippen LogP contribution in [0.1, 0.15) is 40.4 Å². The van der Waals surface area contributed by atoms with E-state index in [1.54, 1.807) is 0 Å². The highest BCUT2D eigenvalue weighted by Gasteiger charge is 2.32. The van der Waals surface area contributed by atoms with Crippen molar-refractivity contribution in [2.75, 3.05) is 0 Å². The summed E-state index contributed by atoms with van der Waals surface area (Å²) in [6.45, 7) is 0. The van der Waals surface area contributed by atoms with Gasteiger partial charge in [0.1, 0.15) is 5.00 Å². The third-order valence-corrected chi connectivity index (χ3v) is 10.00. The maximum absolute atomic E-state index is 4.90. The highest BCUT2D eigenvalue weighted by atomic mass is 32.2. The van der Waals surface area contributed by atoms with E-state index in [4.69, 9.17) is 10.2 Å². The van der Waals surface area contributed by atoms with Crippen LogP contribution >= 0.6 is 23.1 Å². The van der Waals surface area contributed by atoms with Crippen LogP contribution in [0.5, 0.6) is 0 Å². The van der Waals surface area contributed by atoms with Gasteiger partial charge in [0.25, 0.3) is 0 Å². The summed E-state index contributed by atoms with van der Waals surface area (Å²) in [5.74, 6) is 2.23. The summed E-state index contributed by atoms with van der Waals surface area (Å²) in [5, 5.41) is 12.7. The van der Waals surface area contributed by atoms with Gasteiger partial charge in [-0.05, 0) is 61.1 Å². The molecule has 6 heteroatoms. The van der Waals surface area contributed by atoms with Crippen molar-refractivity contribution < 1.29 is 0 Å². The van der Waals surface area contributed by atoms with Crippen molar-refractivity contribution >= 4 is 51.1 Å². The fraction of sp³-hybridized carbons (Fsp3) is 0.200. The van der Waals surface area contributed by atoms with Crippen molar-refractivity contribution in [3.8, 4) is 10.9 Å². The van der Waals surface area contributed by atoms with E-state index in [0.717, 1.165) is 37.5 Å². The van der Waals surface area contributed by atoms with Crippen LogP contribution in [0.4, 0.5) is 0 Å². The molecule has 0 bridgehead atoms. The smallest absolute Gasteiger partial charge is 0.242 e. The van der Waals surface area contributed by atoms with Crippen LogP contribution in [0, 0.1) is 5.92 Å². The van der Waals surface area contributed by atoms with Gasteiger partial charge in [-0.3, -0.25) is 9.13 Å². The second-order valence-corrected chi connectivity index (χ2v) is 12.0. The number of aryl methyl sites for hydroxylation is 2. The summed E-state index contributed by atoms with van der Waals surface area (Å²) in [6.07, 6.45) is 24.7. The zero-order valence-electron chi connectivity index (χ0n) is 19.7. The lowest BCUT2D eigenvalue weighted by Crippen LogP contribution is -2.09. The molecule has 0 fully saturated rings. The number of nitrogens with zero attached hydrogens (tertiary/aromatic N) is 4. The van der Waals surface area contributed by atoms with Crippen LogP contribution in [-0.4, -0.2) is 24.6 Å². The second-order valence-electron chi connectivity index (χ2n) is 9.69. The monoisotopic (exact) mass is 504 g/mol. The number of benzene rings is 1. The molecule has 1 aromatic carbocycles. The molecule has 0 spiro atoms. The number of thiophene rings is 1. The first-order valence-corrected chi connectivity index (χ1v) is 14.3. The van der Waals surface area contributed by atoms with Crippen LogP contribution in [-0.2, 0) is 12.8 Å². The minimum atomic E-state index is 0.408. The number of allylic oxidation sites excluding steroid dienone is 6. The van der Waals surface area contributed by atoms with E-state index < -0.39 is 0 Å². The van der Waals surface area contributed by atoms with Gasteiger partial charge in [-0.2, -0.15) is 0 Å². The molecule has 3 aliphatic carbocycles. The third-order valence-electron chi connectivity index (χ3n) is 7.55. The summed E-state index contributed by atoms with van der Waals surface area (Å²) in [4.78, 5) is 2.57. The van der Waals surface area contributed by atoms with Gasteiger partial charge in [0, 0.05) is 26.3 Å². The maximum atomic E-state index is 4.90. The SMILES string of the molecule is C1=CC2C=C(c3nnc(-n4c5c(c6ccccc64)CCC=C5)n3-c3cc4c(s3)C=CCC4)SC2C=C1. The van der Waals surface area contributed by atoms with Gasteiger partial charge in [0.2, 0.25) is 5.95 Å². The number of para-hydroxylation sites is 1. The largest absolute Gasteiger partial charge is 0.278 e. The number of rotatable bonds is 3. The number of hydrogen-bond donors (Lipinski definition) is 0. The molecule has 0 N–H and O–H groups in total. The van der Waals surface area contributed by atoms with Crippen LogP contribution in [0.15, 0.2) is 72.9 Å². The molecular formula is C30H24N4S2. The Morgan fingerprint density at radius 2 is 1.81 bits per heavy atom. The van der Waals surface area contributed by atoms with Crippen molar-refractivity contribution in [3.05, 3.63) is 100 Å². The van der Waals surface area contributed by atoms with Crippen molar-refractivity contribution in [2.45, 2.75) is 30.9 Å². The second kappa shape index (κ2) is 8.08. The average molecular weight is 505 g/mol. The molecule has 1 aliphatic heterocycles. The van der Waals surface area contributed by atoms with Crippen LogP contribution < -0.4 is 0 Å². The summed E-state index contributed by atoms with van der Waals surface area (Å²) in [5.41, 5.74) is 5.27. The third kappa shape index (κ3) is 3.07. The number of hydrogen-bond acceptors (Lipinski definition) is 4. The Bertz CT molecular complexity index is 1690. The first-order valence-electron chi connectivity index (χ1n) is 12.6. The molecule has 4 nitrogen and oxygen atoms in total. The predicted octanol–water partition coefficient (Wildman–Crippen LogP) is 7.39. The van der Waals surface area contributed by atoms with Gasteiger partial charge in [0.05, 0.1) is 11.2 Å². The molecule has 0 radical (unpaired) electrons. The van der Waals surface area contributed by atoms with Gasteiger partial charge in [-0.15, -0.1) is 33.3 Å². The fourth-order valence-corrected chi connectivity index (χ4v) is 8.25. The molecule has 4 heterocycles. The molecular weight excluding hydrogens is 480 g/mol. The standard InChI is InChI=1S/C30H24N4S2/c1-7-15-25-19(9-1)17-27(35-25)29-31-32-30(34(29)28-18-20-10-2-8-16-26(20)36-28)33-23-13-5-3-11-21(23)22-12-4-6-14-24(22)33/h1,3,5-9,11,13-19,25H,2,4,10,12H2. The van der Waals surface area contributed by atoms with E-state index in [9.17, 15) is 0 Å². The molecule has 176 valence electrons. The zero-order valence-corrected chi connectivity index (χ0v) is 21.3. The topological polar surface area (TPSA) is 35.6 Å². The Hall–Kier alpha value is -3.35. The summed E-state index contributed by atoms with van der Waals surface area (Å²) in [6, 6.07) is 11.1. The number of thioether (sulfide) groups is 1. The van der Waals surface area contributed by atoms with E-state index >= 15 is 0 Å². The van der Waals surface area contributed by atoms with Gasteiger partial charge >= 0.3 is 0 Å². The summed E-state index contributed by atoms with van der Waals surface area (Å²) < 4.78 is 4.65. The highest BCUT2D eigenvalue weighted by Crippen LogP contribution is 2.46. The normalized spacial score (nSPS) is 21.6. The van der Waals surface area contributed by atoms with E-state index in [0.29, 0.717) is 11.2 Å². The average Bonchev–Trinajstić information content (AvgIpc) is 3.69. The number of fused-ring (bicyclic) bond motifs is 5. The van der Waals surface area contributed by atoms with E-state index in [1.807, 2.05) is 23.1 Å². The van der Waals surface area contributed by atoms with E-state index in [1.165, 1.54) is 42.5 Å². The number of aromatic nitrogens is 4. The molecule has 2 unspecified atom stereocenters. The highest BCUT2D eigenvalue weighted by molar-refractivity contribution is 8.09. The molecule has 4 aliphatic rings. The van der Waals surface area contributed by atoms with Gasteiger partial charge < -0.3 is 0 Å². The Morgan fingerprint density at radius 1 is 0.917 bits per heavy atom. The molecule has 8 rings (SSSR count). The molecule has 0 saturated heterocycles. The van der Waals surface area contributed by atoms with Gasteiger partial charge in [0.15, 0.2) is 5.82 Å². The molecule has 36 heavy (non-hydrogen) atoms. The summed E-state index contributed by atoms with van der Waals surface area (Å²) >= 11 is 3.75. The minimum Gasteiger partial charge on any atom is -0.278 e. The molecule has 0 amide bonds. The van der Waals surface area contributed by atoms with Crippen molar-refractivity contribution in [3.63, 3.8) is 0 Å². The lowest BCUT2D eigenvalue weighted by atomic mass is 10.0. The maximum Gasteiger partial charge on any atom is 0.242 e. The molecule has 3 aromatic heterocycles. The van der Waals surface area contributed by atoms with E-state index in [-0.39, 0.29) is 0 Å².